The molecule has 0 spiro atoms. The number of fused-ring (bicyclic) bond motifs is 1. The molecule has 0 aliphatic carbocycles. The van der Waals surface area contributed by atoms with Crippen LogP contribution in [0.15, 0.2) is 52.9 Å². The molecule has 4 rings (SSSR count). The molecule has 0 saturated carbocycles. The van der Waals surface area contributed by atoms with Gasteiger partial charge in [-0.2, -0.15) is 4.98 Å². The van der Waals surface area contributed by atoms with Crippen molar-refractivity contribution in [3.63, 3.8) is 0 Å². The van der Waals surface area contributed by atoms with Crippen molar-refractivity contribution in [2.24, 2.45) is 0 Å². The highest BCUT2D eigenvalue weighted by molar-refractivity contribution is 5.74. The van der Waals surface area contributed by atoms with Crippen molar-refractivity contribution in [2.75, 3.05) is 38.3 Å². The maximum atomic E-state index is 9.55. The van der Waals surface area contributed by atoms with Gasteiger partial charge in [0, 0.05) is 38.8 Å². The van der Waals surface area contributed by atoms with E-state index in [9.17, 15) is 5.11 Å². The monoisotopic (exact) mass is 367 g/mol. The average molecular weight is 367 g/mol. The fourth-order valence-corrected chi connectivity index (χ4v) is 3.70. The summed E-state index contributed by atoms with van der Waals surface area (Å²) in [6.07, 6.45) is 0.723. The van der Waals surface area contributed by atoms with Gasteiger partial charge >= 0.3 is 0 Å². The van der Waals surface area contributed by atoms with Crippen molar-refractivity contribution in [3.8, 4) is 5.75 Å². The first-order valence-corrected chi connectivity index (χ1v) is 9.35. The lowest BCUT2D eigenvalue weighted by atomic mass is 10.1. The molecule has 1 atom stereocenters. The standard InChI is InChI=1S/C21H25N3O3/c1-26-18-6-4-5-16(13-18)14-23-10-11-24(15-17(23)9-12-25)21-22-19-7-2-3-8-20(19)27-21/h2-8,13,17,25H,9-12,14-15H2,1H3/t17-/m1/s1. The van der Waals surface area contributed by atoms with E-state index in [0.717, 1.165) is 49.4 Å². The summed E-state index contributed by atoms with van der Waals surface area (Å²) < 4.78 is 11.3. The van der Waals surface area contributed by atoms with E-state index >= 15 is 0 Å². The molecule has 3 aromatic rings. The van der Waals surface area contributed by atoms with Crippen LogP contribution in [-0.4, -0.2) is 54.4 Å². The minimum atomic E-state index is 0.167. The maximum Gasteiger partial charge on any atom is 0.298 e. The Morgan fingerprint density at radius 3 is 2.89 bits per heavy atom. The Kier molecular flexibility index (Phi) is 5.27. The number of ether oxygens (including phenoxy) is 1. The van der Waals surface area contributed by atoms with Crippen molar-refractivity contribution in [3.05, 3.63) is 54.1 Å². The van der Waals surface area contributed by atoms with Gasteiger partial charge < -0.3 is 19.2 Å². The topological polar surface area (TPSA) is 62.0 Å². The van der Waals surface area contributed by atoms with Crippen LogP contribution in [0.1, 0.15) is 12.0 Å². The van der Waals surface area contributed by atoms with Crippen LogP contribution in [-0.2, 0) is 6.54 Å². The Balaban J connectivity index is 1.49. The molecule has 27 heavy (non-hydrogen) atoms. The summed E-state index contributed by atoms with van der Waals surface area (Å²) in [5, 5.41) is 9.55. The van der Waals surface area contributed by atoms with Crippen LogP contribution < -0.4 is 9.64 Å². The number of hydrogen-bond donors (Lipinski definition) is 1. The van der Waals surface area contributed by atoms with E-state index in [0.29, 0.717) is 6.01 Å². The zero-order chi connectivity index (χ0) is 18.6. The minimum absolute atomic E-state index is 0.167. The Labute approximate surface area is 159 Å². The van der Waals surface area contributed by atoms with Gasteiger partial charge in [-0.1, -0.05) is 24.3 Å². The highest BCUT2D eigenvalue weighted by Gasteiger charge is 2.29. The predicted octanol–water partition coefficient (Wildman–Crippen LogP) is 2.91. The van der Waals surface area contributed by atoms with Gasteiger partial charge in [-0.3, -0.25) is 4.90 Å². The number of aliphatic hydroxyl groups is 1. The number of benzene rings is 2. The van der Waals surface area contributed by atoms with E-state index in [1.54, 1.807) is 7.11 Å². The van der Waals surface area contributed by atoms with Crippen LogP contribution >= 0.6 is 0 Å². The molecule has 2 aromatic carbocycles. The zero-order valence-corrected chi connectivity index (χ0v) is 15.5. The van der Waals surface area contributed by atoms with Gasteiger partial charge in [0.2, 0.25) is 0 Å². The molecule has 1 aliphatic heterocycles. The molecule has 6 heteroatoms. The van der Waals surface area contributed by atoms with E-state index in [4.69, 9.17) is 9.15 Å². The van der Waals surface area contributed by atoms with Crippen molar-refractivity contribution in [1.29, 1.82) is 0 Å². The van der Waals surface area contributed by atoms with Crippen LogP contribution in [0.2, 0.25) is 0 Å². The molecule has 0 bridgehead atoms. The normalized spacial score (nSPS) is 18.1. The summed E-state index contributed by atoms with van der Waals surface area (Å²) in [5.74, 6) is 0.872. The van der Waals surface area contributed by atoms with Crippen LogP contribution in [0.3, 0.4) is 0 Å². The number of oxazole rings is 1. The third kappa shape index (κ3) is 3.91. The molecular formula is C21H25N3O3. The SMILES string of the molecule is COc1cccc(CN2CCN(c3nc4ccccc4o3)C[C@H]2CCO)c1. The Morgan fingerprint density at radius 1 is 1.19 bits per heavy atom. The third-order valence-electron chi connectivity index (χ3n) is 5.14. The van der Waals surface area contributed by atoms with Gasteiger partial charge in [0.05, 0.1) is 7.11 Å². The molecule has 1 aliphatic rings. The fourth-order valence-electron chi connectivity index (χ4n) is 3.70. The number of para-hydroxylation sites is 2. The zero-order valence-electron chi connectivity index (χ0n) is 15.5. The van der Waals surface area contributed by atoms with Crippen LogP contribution in [0.25, 0.3) is 11.1 Å². The lowest BCUT2D eigenvalue weighted by Crippen LogP contribution is -2.53. The molecule has 1 N–H and O–H groups in total. The average Bonchev–Trinajstić information content (AvgIpc) is 3.14. The number of methoxy groups -OCH3 is 1. The predicted molar refractivity (Wildman–Crippen MR) is 105 cm³/mol. The summed E-state index contributed by atoms with van der Waals surface area (Å²) in [4.78, 5) is 9.23. The van der Waals surface area contributed by atoms with E-state index in [-0.39, 0.29) is 12.6 Å². The lowest BCUT2D eigenvalue weighted by molar-refractivity contribution is 0.133. The molecule has 0 unspecified atom stereocenters. The molecule has 1 saturated heterocycles. The Bertz CT molecular complexity index is 862. The number of anilines is 1. The van der Waals surface area contributed by atoms with Crippen LogP contribution in [0, 0.1) is 0 Å². The van der Waals surface area contributed by atoms with Gasteiger partial charge in [-0.15, -0.1) is 0 Å². The van der Waals surface area contributed by atoms with Gasteiger partial charge in [0.1, 0.15) is 11.3 Å². The first-order chi connectivity index (χ1) is 13.3. The molecule has 0 amide bonds. The molecule has 6 nitrogen and oxygen atoms in total. The smallest absolute Gasteiger partial charge is 0.298 e. The number of piperazine rings is 1. The van der Waals surface area contributed by atoms with Gasteiger partial charge in [-0.25, -0.2) is 0 Å². The van der Waals surface area contributed by atoms with Crippen molar-refractivity contribution < 1.29 is 14.3 Å². The highest BCUT2D eigenvalue weighted by Crippen LogP contribution is 2.26. The Hall–Kier alpha value is -2.57. The van der Waals surface area contributed by atoms with Crippen molar-refractivity contribution in [2.45, 2.75) is 19.0 Å². The van der Waals surface area contributed by atoms with Gasteiger partial charge in [0.15, 0.2) is 5.58 Å². The fraction of sp³-hybridized carbons (Fsp3) is 0.381. The van der Waals surface area contributed by atoms with Crippen LogP contribution in [0.5, 0.6) is 5.75 Å². The van der Waals surface area contributed by atoms with Crippen molar-refractivity contribution >= 4 is 17.1 Å². The Morgan fingerprint density at radius 2 is 2.07 bits per heavy atom. The molecular weight excluding hydrogens is 342 g/mol. The summed E-state index contributed by atoms with van der Waals surface area (Å²) in [5.41, 5.74) is 2.91. The summed E-state index contributed by atoms with van der Waals surface area (Å²) >= 11 is 0. The number of aromatic nitrogens is 1. The molecule has 142 valence electrons. The third-order valence-corrected chi connectivity index (χ3v) is 5.14. The second-order valence-electron chi connectivity index (χ2n) is 6.90. The minimum Gasteiger partial charge on any atom is -0.497 e. The second kappa shape index (κ2) is 7.98. The number of hydrogen-bond acceptors (Lipinski definition) is 6. The van der Waals surface area contributed by atoms with E-state index in [2.05, 4.69) is 26.9 Å². The molecule has 1 aromatic heterocycles. The van der Waals surface area contributed by atoms with E-state index < -0.39 is 0 Å². The van der Waals surface area contributed by atoms with E-state index in [1.165, 1.54) is 5.56 Å². The molecule has 1 fully saturated rings. The highest BCUT2D eigenvalue weighted by atomic mass is 16.5. The first-order valence-electron chi connectivity index (χ1n) is 9.35. The quantitative estimate of drug-likeness (QED) is 0.723. The largest absolute Gasteiger partial charge is 0.497 e. The first kappa shape index (κ1) is 17.8. The maximum absolute atomic E-state index is 9.55. The van der Waals surface area contributed by atoms with Gasteiger partial charge in [-0.05, 0) is 36.2 Å². The number of rotatable bonds is 6. The summed E-state index contributed by atoms with van der Waals surface area (Å²) in [6.45, 7) is 3.53. The molecule has 2 heterocycles. The van der Waals surface area contributed by atoms with Crippen LogP contribution in [0.4, 0.5) is 6.01 Å². The second-order valence-corrected chi connectivity index (χ2v) is 6.90. The lowest BCUT2D eigenvalue weighted by Gasteiger charge is -2.40. The van der Waals surface area contributed by atoms with E-state index in [1.807, 2.05) is 36.4 Å². The molecule has 0 radical (unpaired) electrons. The van der Waals surface area contributed by atoms with Gasteiger partial charge in [0.25, 0.3) is 6.01 Å². The summed E-state index contributed by atoms with van der Waals surface area (Å²) in [6, 6.07) is 16.9. The summed E-state index contributed by atoms with van der Waals surface area (Å²) in [7, 11) is 1.69. The number of aliphatic hydroxyl groups excluding tert-OH is 1. The van der Waals surface area contributed by atoms with Crippen molar-refractivity contribution in [1.82, 2.24) is 9.88 Å². The number of nitrogens with zero attached hydrogens (tertiary/aromatic N) is 3.